The van der Waals surface area contributed by atoms with Gasteiger partial charge in [-0.1, -0.05) is 12.1 Å². The average molecular weight is 331 g/mol. The zero-order chi connectivity index (χ0) is 17.1. The van der Waals surface area contributed by atoms with Gasteiger partial charge < -0.3 is 15.2 Å². The molecule has 0 heterocycles. The van der Waals surface area contributed by atoms with E-state index in [1.54, 1.807) is 0 Å². The second-order valence-electron chi connectivity index (χ2n) is 5.48. The van der Waals surface area contributed by atoms with Crippen LogP contribution in [-0.2, 0) is 16.0 Å². The van der Waals surface area contributed by atoms with Crippen LogP contribution in [-0.4, -0.2) is 28.9 Å². The number of ether oxygens (including phenoxy) is 1. The molecule has 0 radical (unpaired) electrons. The Labute approximate surface area is 130 Å². The number of carbonyl (C=O) groups excluding carboxylic acids is 1. The van der Waals surface area contributed by atoms with E-state index in [4.69, 9.17) is 5.11 Å². The lowest BCUT2D eigenvalue weighted by Crippen LogP contribution is -2.59. The number of carboxylic acids is 1. The summed E-state index contributed by atoms with van der Waals surface area (Å²) < 4.78 is 39.9. The number of aliphatic carboxylic acids is 1. The third-order valence-electron chi connectivity index (χ3n) is 3.79. The van der Waals surface area contributed by atoms with Crippen LogP contribution < -0.4 is 10.1 Å². The standard InChI is InChI=1S/C15H16F3NO4/c16-15(17,18)23-11-5-2-10(3-6-11)4-7-12(20)19-14(13(21)22)8-1-9-14/h2-3,5-6H,1,4,7-9H2,(H,19,20)(H,21,22). The summed E-state index contributed by atoms with van der Waals surface area (Å²) in [5.41, 5.74) is -0.491. The van der Waals surface area contributed by atoms with E-state index in [2.05, 4.69) is 10.1 Å². The molecule has 5 nitrogen and oxygen atoms in total. The Kier molecular flexibility index (Phi) is 4.82. The summed E-state index contributed by atoms with van der Waals surface area (Å²) in [5, 5.41) is 11.7. The van der Waals surface area contributed by atoms with Crippen molar-refractivity contribution in [3.05, 3.63) is 29.8 Å². The minimum Gasteiger partial charge on any atom is -0.480 e. The van der Waals surface area contributed by atoms with Crippen LogP contribution in [0.5, 0.6) is 5.75 Å². The topological polar surface area (TPSA) is 75.6 Å². The van der Waals surface area contributed by atoms with Gasteiger partial charge in [-0.15, -0.1) is 13.2 Å². The summed E-state index contributed by atoms with van der Waals surface area (Å²) in [6.45, 7) is 0. The number of carboxylic acid groups (broad SMARTS) is 1. The number of hydrogen-bond donors (Lipinski definition) is 2. The fourth-order valence-electron chi connectivity index (χ4n) is 2.37. The lowest BCUT2D eigenvalue weighted by Gasteiger charge is -2.38. The van der Waals surface area contributed by atoms with Crippen molar-refractivity contribution in [2.45, 2.75) is 44.0 Å². The van der Waals surface area contributed by atoms with Gasteiger partial charge in [0.1, 0.15) is 11.3 Å². The van der Waals surface area contributed by atoms with Crippen molar-refractivity contribution in [1.82, 2.24) is 5.32 Å². The Morgan fingerprint density at radius 1 is 1.22 bits per heavy atom. The van der Waals surface area contributed by atoms with Crippen molar-refractivity contribution < 1.29 is 32.6 Å². The number of aryl methyl sites for hydroxylation is 1. The van der Waals surface area contributed by atoms with Crippen LogP contribution in [0.4, 0.5) is 13.2 Å². The second-order valence-corrected chi connectivity index (χ2v) is 5.48. The van der Waals surface area contributed by atoms with Gasteiger partial charge >= 0.3 is 12.3 Å². The quantitative estimate of drug-likeness (QED) is 0.840. The molecule has 0 aromatic heterocycles. The number of amides is 1. The van der Waals surface area contributed by atoms with Gasteiger partial charge in [0.25, 0.3) is 0 Å². The normalized spacial score (nSPS) is 16.3. The van der Waals surface area contributed by atoms with Crippen molar-refractivity contribution >= 4 is 11.9 Å². The van der Waals surface area contributed by atoms with E-state index in [0.717, 1.165) is 6.42 Å². The van der Waals surface area contributed by atoms with Crippen molar-refractivity contribution in [2.75, 3.05) is 0 Å². The van der Waals surface area contributed by atoms with E-state index in [1.807, 2.05) is 0 Å². The van der Waals surface area contributed by atoms with Gasteiger partial charge in [-0.3, -0.25) is 4.79 Å². The molecular weight excluding hydrogens is 315 g/mol. The zero-order valence-corrected chi connectivity index (χ0v) is 12.2. The monoisotopic (exact) mass is 331 g/mol. The molecule has 8 heteroatoms. The van der Waals surface area contributed by atoms with Crippen LogP contribution in [0.25, 0.3) is 0 Å². The van der Waals surface area contributed by atoms with Crippen LogP contribution in [0.2, 0.25) is 0 Å². The van der Waals surface area contributed by atoms with Crippen LogP contribution in [0, 0.1) is 0 Å². The maximum Gasteiger partial charge on any atom is 0.573 e. The molecule has 1 saturated carbocycles. The van der Waals surface area contributed by atoms with Crippen LogP contribution in [0.15, 0.2) is 24.3 Å². The SMILES string of the molecule is O=C(CCc1ccc(OC(F)(F)F)cc1)NC1(C(=O)O)CCC1. The van der Waals surface area contributed by atoms with Crippen molar-refractivity contribution in [1.29, 1.82) is 0 Å². The molecule has 23 heavy (non-hydrogen) atoms. The number of halogens is 3. The van der Waals surface area contributed by atoms with Gasteiger partial charge in [-0.25, -0.2) is 4.79 Å². The first-order valence-corrected chi connectivity index (χ1v) is 7.09. The van der Waals surface area contributed by atoms with Crippen molar-refractivity contribution in [2.24, 2.45) is 0 Å². The van der Waals surface area contributed by atoms with E-state index in [-0.39, 0.29) is 18.1 Å². The van der Waals surface area contributed by atoms with E-state index in [0.29, 0.717) is 24.8 Å². The van der Waals surface area contributed by atoms with Crippen LogP contribution in [0.3, 0.4) is 0 Å². The Hall–Kier alpha value is -2.25. The lowest BCUT2D eigenvalue weighted by atomic mass is 9.76. The van der Waals surface area contributed by atoms with Crippen molar-refractivity contribution in [3.63, 3.8) is 0 Å². The lowest BCUT2D eigenvalue weighted by molar-refractivity contribution is -0.274. The van der Waals surface area contributed by atoms with E-state index >= 15 is 0 Å². The minimum absolute atomic E-state index is 0.0640. The predicted molar refractivity (Wildman–Crippen MR) is 73.8 cm³/mol. The van der Waals surface area contributed by atoms with Crippen LogP contribution >= 0.6 is 0 Å². The third-order valence-corrected chi connectivity index (χ3v) is 3.79. The molecule has 0 aliphatic heterocycles. The Morgan fingerprint density at radius 2 is 1.83 bits per heavy atom. The first-order chi connectivity index (χ1) is 10.7. The summed E-state index contributed by atoms with van der Waals surface area (Å²) in [6.07, 6.45) is -2.79. The van der Waals surface area contributed by atoms with Gasteiger partial charge in [0.2, 0.25) is 5.91 Å². The van der Waals surface area contributed by atoms with Gasteiger partial charge in [-0.2, -0.15) is 0 Å². The first-order valence-electron chi connectivity index (χ1n) is 7.09. The molecule has 1 amide bonds. The number of nitrogens with one attached hydrogen (secondary N) is 1. The maximum absolute atomic E-state index is 12.0. The highest BCUT2D eigenvalue weighted by molar-refractivity contribution is 5.87. The fourth-order valence-corrected chi connectivity index (χ4v) is 2.37. The molecular formula is C15H16F3NO4. The summed E-state index contributed by atoms with van der Waals surface area (Å²) in [7, 11) is 0. The highest BCUT2D eigenvalue weighted by Gasteiger charge is 2.45. The molecule has 0 atom stereocenters. The van der Waals surface area contributed by atoms with Crippen molar-refractivity contribution in [3.8, 4) is 5.75 Å². The van der Waals surface area contributed by atoms with Gasteiger partial charge in [-0.05, 0) is 43.4 Å². The Balaban J connectivity index is 1.83. The van der Waals surface area contributed by atoms with E-state index in [9.17, 15) is 22.8 Å². The van der Waals surface area contributed by atoms with E-state index < -0.39 is 17.9 Å². The van der Waals surface area contributed by atoms with Gasteiger partial charge in [0, 0.05) is 6.42 Å². The number of rotatable bonds is 6. The molecule has 2 rings (SSSR count). The third kappa shape index (κ3) is 4.61. The number of carbonyl (C=O) groups is 2. The molecule has 0 spiro atoms. The number of hydrogen-bond acceptors (Lipinski definition) is 3. The molecule has 2 N–H and O–H groups in total. The molecule has 126 valence electrons. The maximum atomic E-state index is 12.0. The summed E-state index contributed by atoms with van der Waals surface area (Å²) in [6, 6.07) is 5.21. The largest absolute Gasteiger partial charge is 0.573 e. The molecule has 1 aliphatic carbocycles. The molecule has 0 bridgehead atoms. The smallest absolute Gasteiger partial charge is 0.480 e. The van der Waals surface area contributed by atoms with Gasteiger partial charge in [0.05, 0.1) is 0 Å². The average Bonchev–Trinajstić information content (AvgIpc) is 2.40. The summed E-state index contributed by atoms with van der Waals surface area (Å²) >= 11 is 0. The highest BCUT2D eigenvalue weighted by atomic mass is 19.4. The molecule has 1 aliphatic rings. The summed E-state index contributed by atoms with van der Waals surface area (Å²) in [5.74, 6) is -1.75. The summed E-state index contributed by atoms with van der Waals surface area (Å²) in [4.78, 5) is 23.0. The fraction of sp³-hybridized carbons (Fsp3) is 0.467. The second kappa shape index (κ2) is 6.47. The molecule has 1 aromatic carbocycles. The Morgan fingerprint density at radius 3 is 2.26 bits per heavy atom. The number of benzene rings is 1. The minimum atomic E-state index is -4.74. The van der Waals surface area contributed by atoms with Crippen LogP contribution in [0.1, 0.15) is 31.2 Å². The van der Waals surface area contributed by atoms with E-state index in [1.165, 1.54) is 24.3 Å². The molecule has 1 fully saturated rings. The predicted octanol–water partition coefficient (Wildman–Crippen LogP) is 2.64. The first kappa shape index (κ1) is 17.1. The molecule has 0 unspecified atom stereocenters. The molecule has 0 saturated heterocycles. The number of alkyl halides is 3. The Bertz CT molecular complexity index is 579. The highest BCUT2D eigenvalue weighted by Crippen LogP contribution is 2.32. The van der Waals surface area contributed by atoms with Gasteiger partial charge in [0.15, 0.2) is 0 Å². The zero-order valence-electron chi connectivity index (χ0n) is 12.2. The molecule has 1 aromatic rings.